The maximum Gasteiger partial charge on any atom is 0.128 e. The number of aromatic nitrogens is 2. The Bertz CT molecular complexity index is 584. The Kier molecular flexibility index (Phi) is 2.24. The van der Waals surface area contributed by atoms with E-state index < -0.39 is 0 Å². The lowest BCUT2D eigenvalue weighted by molar-refractivity contribution is 0.521. The van der Waals surface area contributed by atoms with Crippen molar-refractivity contribution in [2.24, 2.45) is 0 Å². The largest absolute Gasteiger partial charge is 0.321 e. The SMILES string of the molecule is CC(Cl)c1nc2ccc(F)cc2n1C1(C)CC1. The van der Waals surface area contributed by atoms with E-state index in [-0.39, 0.29) is 16.7 Å². The molecule has 3 rings (SSSR count). The maximum atomic E-state index is 13.4. The summed E-state index contributed by atoms with van der Waals surface area (Å²) in [5.41, 5.74) is 1.75. The van der Waals surface area contributed by atoms with Crippen LogP contribution in [0.3, 0.4) is 0 Å². The highest BCUT2D eigenvalue weighted by Crippen LogP contribution is 2.46. The van der Waals surface area contributed by atoms with E-state index >= 15 is 0 Å². The molecule has 0 aliphatic heterocycles. The molecule has 0 bridgehead atoms. The smallest absolute Gasteiger partial charge is 0.128 e. The molecule has 0 spiro atoms. The molecule has 17 heavy (non-hydrogen) atoms. The molecule has 0 saturated heterocycles. The topological polar surface area (TPSA) is 17.8 Å². The molecule has 0 radical (unpaired) electrons. The fourth-order valence-electron chi connectivity index (χ4n) is 2.31. The Morgan fingerprint density at radius 1 is 1.47 bits per heavy atom. The van der Waals surface area contributed by atoms with Crippen molar-refractivity contribution in [2.45, 2.75) is 37.6 Å². The number of nitrogens with zero attached hydrogens (tertiary/aromatic N) is 2. The second-order valence-corrected chi connectivity index (χ2v) is 5.71. The summed E-state index contributed by atoms with van der Waals surface area (Å²) >= 11 is 6.18. The molecule has 0 amide bonds. The number of imidazole rings is 1. The van der Waals surface area contributed by atoms with Crippen LogP contribution in [-0.2, 0) is 5.54 Å². The zero-order chi connectivity index (χ0) is 12.2. The molecule has 0 N–H and O–H groups in total. The van der Waals surface area contributed by atoms with E-state index in [2.05, 4.69) is 16.5 Å². The maximum absolute atomic E-state index is 13.4. The molecule has 1 aliphatic rings. The van der Waals surface area contributed by atoms with Gasteiger partial charge in [-0.1, -0.05) is 0 Å². The normalized spacial score (nSPS) is 19.5. The number of alkyl halides is 1. The summed E-state index contributed by atoms with van der Waals surface area (Å²) in [6.07, 6.45) is 2.21. The summed E-state index contributed by atoms with van der Waals surface area (Å²) in [7, 11) is 0. The Hall–Kier alpha value is -1.09. The van der Waals surface area contributed by atoms with Crippen LogP contribution in [0.15, 0.2) is 18.2 Å². The van der Waals surface area contributed by atoms with Crippen LogP contribution < -0.4 is 0 Å². The highest BCUT2D eigenvalue weighted by molar-refractivity contribution is 6.20. The van der Waals surface area contributed by atoms with Gasteiger partial charge in [0.2, 0.25) is 0 Å². The van der Waals surface area contributed by atoms with Gasteiger partial charge >= 0.3 is 0 Å². The van der Waals surface area contributed by atoms with Crippen molar-refractivity contribution in [1.82, 2.24) is 9.55 Å². The van der Waals surface area contributed by atoms with Gasteiger partial charge in [-0.05, 0) is 44.9 Å². The minimum atomic E-state index is -0.225. The molecule has 1 fully saturated rings. The van der Waals surface area contributed by atoms with Crippen LogP contribution in [0.1, 0.15) is 37.9 Å². The number of rotatable bonds is 2. The Morgan fingerprint density at radius 3 is 2.76 bits per heavy atom. The first-order valence-corrected chi connectivity index (χ1v) is 6.27. The Morgan fingerprint density at radius 2 is 2.18 bits per heavy atom. The van der Waals surface area contributed by atoms with Crippen LogP contribution in [0.5, 0.6) is 0 Å². The van der Waals surface area contributed by atoms with Crippen molar-refractivity contribution in [3.05, 3.63) is 29.8 Å². The van der Waals surface area contributed by atoms with Gasteiger partial charge < -0.3 is 4.57 Å². The number of hydrogen-bond donors (Lipinski definition) is 0. The minimum Gasteiger partial charge on any atom is -0.321 e. The average molecular weight is 253 g/mol. The summed E-state index contributed by atoms with van der Waals surface area (Å²) in [6.45, 7) is 4.07. The number of halogens is 2. The fourth-order valence-corrected chi connectivity index (χ4v) is 2.45. The van der Waals surface area contributed by atoms with E-state index in [1.54, 1.807) is 12.1 Å². The van der Waals surface area contributed by atoms with E-state index in [0.29, 0.717) is 0 Å². The molecule has 2 aromatic rings. The van der Waals surface area contributed by atoms with Crippen LogP contribution in [0, 0.1) is 5.82 Å². The van der Waals surface area contributed by atoms with E-state index in [1.165, 1.54) is 6.07 Å². The van der Waals surface area contributed by atoms with Crippen molar-refractivity contribution < 1.29 is 4.39 Å². The zero-order valence-electron chi connectivity index (χ0n) is 9.87. The molecule has 4 heteroatoms. The lowest BCUT2D eigenvalue weighted by Gasteiger charge is -2.17. The van der Waals surface area contributed by atoms with E-state index in [4.69, 9.17) is 11.6 Å². The van der Waals surface area contributed by atoms with E-state index in [9.17, 15) is 4.39 Å². The summed E-state index contributed by atoms with van der Waals surface area (Å²) in [5, 5.41) is -0.164. The average Bonchev–Trinajstić information content (AvgIpc) is 2.88. The number of fused-ring (bicyclic) bond motifs is 1. The van der Waals surface area contributed by atoms with Crippen LogP contribution in [-0.4, -0.2) is 9.55 Å². The van der Waals surface area contributed by atoms with Gasteiger partial charge in [0, 0.05) is 5.54 Å². The molecule has 1 atom stereocenters. The molecular formula is C13H14ClFN2. The van der Waals surface area contributed by atoms with Gasteiger partial charge in [0.05, 0.1) is 16.4 Å². The van der Waals surface area contributed by atoms with Crippen molar-refractivity contribution in [3.8, 4) is 0 Å². The second kappa shape index (κ2) is 3.45. The van der Waals surface area contributed by atoms with Gasteiger partial charge in [-0.2, -0.15) is 0 Å². The van der Waals surface area contributed by atoms with Crippen molar-refractivity contribution >= 4 is 22.6 Å². The predicted molar refractivity (Wildman–Crippen MR) is 66.8 cm³/mol. The van der Waals surface area contributed by atoms with Crippen LogP contribution in [0.25, 0.3) is 11.0 Å². The Balaban J connectivity index is 2.33. The molecular weight excluding hydrogens is 239 g/mol. The summed E-state index contributed by atoms with van der Waals surface area (Å²) in [5.74, 6) is 0.615. The number of benzene rings is 1. The van der Waals surface area contributed by atoms with Gasteiger partial charge in [0.1, 0.15) is 11.6 Å². The van der Waals surface area contributed by atoms with Gasteiger partial charge in [-0.15, -0.1) is 11.6 Å². The molecule has 1 saturated carbocycles. The molecule has 1 aromatic carbocycles. The van der Waals surface area contributed by atoms with E-state index in [1.807, 2.05) is 6.92 Å². The minimum absolute atomic E-state index is 0.0705. The van der Waals surface area contributed by atoms with Crippen molar-refractivity contribution in [1.29, 1.82) is 0 Å². The molecule has 2 nitrogen and oxygen atoms in total. The first kappa shape index (κ1) is 11.0. The van der Waals surface area contributed by atoms with Crippen LogP contribution in [0.2, 0.25) is 0 Å². The third-order valence-electron chi connectivity index (χ3n) is 3.51. The standard InChI is InChI=1S/C13H14ClFN2/c1-8(14)12-16-10-4-3-9(15)7-11(10)17(12)13(2)5-6-13/h3-4,7-8H,5-6H2,1-2H3. The zero-order valence-corrected chi connectivity index (χ0v) is 10.6. The van der Waals surface area contributed by atoms with Gasteiger partial charge in [0.15, 0.2) is 0 Å². The lowest BCUT2D eigenvalue weighted by atomic mass is 10.2. The monoisotopic (exact) mass is 252 g/mol. The van der Waals surface area contributed by atoms with Gasteiger partial charge in [-0.25, -0.2) is 9.37 Å². The highest BCUT2D eigenvalue weighted by Gasteiger charge is 2.42. The first-order valence-electron chi connectivity index (χ1n) is 5.84. The predicted octanol–water partition coefficient (Wildman–Crippen LogP) is 3.98. The molecule has 1 unspecified atom stereocenters. The molecule has 1 aliphatic carbocycles. The summed E-state index contributed by atoms with van der Waals surface area (Å²) in [4.78, 5) is 4.52. The summed E-state index contributed by atoms with van der Waals surface area (Å²) < 4.78 is 15.5. The van der Waals surface area contributed by atoms with Crippen LogP contribution in [0.4, 0.5) is 4.39 Å². The van der Waals surface area contributed by atoms with Crippen molar-refractivity contribution in [2.75, 3.05) is 0 Å². The summed E-state index contributed by atoms with van der Waals surface area (Å²) in [6, 6.07) is 4.71. The lowest BCUT2D eigenvalue weighted by Crippen LogP contribution is -2.16. The first-order chi connectivity index (χ1) is 8.01. The van der Waals surface area contributed by atoms with Gasteiger partial charge in [0.25, 0.3) is 0 Å². The molecule has 1 aromatic heterocycles. The highest BCUT2D eigenvalue weighted by atomic mass is 35.5. The van der Waals surface area contributed by atoms with E-state index in [0.717, 1.165) is 29.7 Å². The molecule has 90 valence electrons. The van der Waals surface area contributed by atoms with Crippen molar-refractivity contribution in [3.63, 3.8) is 0 Å². The third-order valence-corrected chi connectivity index (χ3v) is 3.71. The second-order valence-electron chi connectivity index (χ2n) is 5.05. The fraction of sp³-hybridized carbons (Fsp3) is 0.462. The van der Waals surface area contributed by atoms with Gasteiger partial charge in [-0.3, -0.25) is 0 Å². The Labute approximate surface area is 104 Å². The quantitative estimate of drug-likeness (QED) is 0.739. The molecule has 1 heterocycles. The number of hydrogen-bond acceptors (Lipinski definition) is 1. The van der Waals surface area contributed by atoms with Crippen LogP contribution >= 0.6 is 11.6 Å². The third kappa shape index (κ3) is 1.64.